The molecule has 1 N–H and O–H groups in total. The van der Waals surface area contributed by atoms with Crippen molar-refractivity contribution in [2.24, 2.45) is 0 Å². The number of nitrogens with zero attached hydrogens (tertiary/aromatic N) is 2. The highest BCUT2D eigenvalue weighted by atomic mass is 35.5. The molecule has 0 saturated carbocycles. The minimum Gasteiger partial charge on any atom is -0.368 e. The lowest BCUT2D eigenvalue weighted by Crippen LogP contribution is -2.11. The van der Waals surface area contributed by atoms with Gasteiger partial charge in [0.1, 0.15) is 5.82 Å². The summed E-state index contributed by atoms with van der Waals surface area (Å²) in [5, 5.41) is 11.4. The number of anilines is 1. The number of aromatic nitrogens is 2. The van der Waals surface area contributed by atoms with Crippen molar-refractivity contribution in [3.63, 3.8) is 0 Å². The van der Waals surface area contributed by atoms with Crippen molar-refractivity contribution in [1.82, 2.24) is 10.2 Å². The zero-order chi connectivity index (χ0) is 12.1. The number of halogens is 1. The van der Waals surface area contributed by atoms with Gasteiger partial charge in [-0.25, -0.2) is 0 Å². The lowest BCUT2D eigenvalue weighted by molar-refractivity contribution is 0.798. The number of benzene rings is 1. The van der Waals surface area contributed by atoms with Gasteiger partial charge >= 0.3 is 0 Å². The number of hydrogen-bond donors (Lipinski definition) is 1. The molecule has 0 unspecified atom stereocenters. The van der Waals surface area contributed by atoms with Crippen LogP contribution in [-0.4, -0.2) is 16.7 Å². The summed E-state index contributed by atoms with van der Waals surface area (Å²) in [6.45, 7) is 2.99. The first-order valence-corrected chi connectivity index (χ1v) is 5.91. The van der Waals surface area contributed by atoms with Gasteiger partial charge < -0.3 is 5.32 Å². The summed E-state index contributed by atoms with van der Waals surface area (Å²) in [6.07, 6.45) is 0. The molecule has 1 aromatic carbocycles. The molecule has 0 amide bonds. The molecule has 0 aliphatic carbocycles. The third kappa shape index (κ3) is 3.43. The summed E-state index contributed by atoms with van der Waals surface area (Å²) in [7, 11) is 0. The van der Waals surface area contributed by atoms with Crippen LogP contribution in [0.15, 0.2) is 42.5 Å². The highest BCUT2D eigenvalue weighted by molar-refractivity contribution is 6.29. The van der Waals surface area contributed by atoms with E-state index < -0.39 is 0 Å². The number of hydrogen-bond acceptors (Lipinski definition) is 3. The van der Waals surface area contributed by atoms with Crippen molar-refractivity contribution in [3.05, 3.63) is 53.2 Å². The Labute approximate surface area is 106 Å². The van der Waals surface area contributed by atoms with Crippen LogP contribution in [0.2, 0.25) is 5.15 Å². The first kappa shape index (κ1) is 11.9. The molecule has 1 aromatic heterocycles. The smallest absolute Gasteiger partial charge is 0.151 e. The van der Waals surface area contributed by atoms with Crippen molar-refractivity contribution in [1.29, 1.82) is 0 Å². The first-order chi connectivity index (χ1) is 8.25. The van der Waals surface area contributed by atoms with Gasteiger partial charge in [-0.2, -0.15) is 0 Å². The van der Waals surface area contributed by atoms with Gasteiger partial charge in [0.2, 0.25) is 0 Å². The molecule has 0 aliphatic heterocycles. The predicted molar refractivity (Wildman–Crippen MR) is 70.4 cm³/mol. The van der Waals surface area contributed by atoms with Crippen LogP contribution >= 0.6 is 11.6 Å². The van der Waals surface area contributed by atoms with E-state index in [2.05, 4.69) is 34.6 Å². The van der Waals surface area contributed by atoms with Gasteiger partial charge in [-0.15, -0.1) is 10.2 Å². The van der Waals surface area contributed by atoms with Crippen LogP contribution < -0.4 is 5.32 Å². The van der Waals surface area contributed by atoms with E-state index in [0.29, 0.717) is 11.1 Å². The zero-order valence-electron chi connectivity index (χ0n) is 9.60. The molecule has 3 nitrogen and oxygen atoms in total. The fraction of sp³-hybridized carbons (Fsp3) is 0.231. The van der Waals surface area contributed by atoms with Gasteiger partial charge in [0.25, 0.3) is 0 Å². The maximum Gasteiger partial charge on any atom is 0.151 e. The average Bonchev–Trinajstić information content (AvgIpc) is 2.39. The van der Waals surface area contributed by atoms with E-state index in [-0.39, 0.29) is 0 Å². The third-order valence-electron chi connectivity index (χ3n) is 2.59. The van der Waals surface area contributed by atoms with Gasteiger partial charge in [0.15, 0.2) is 5.15 Å². The quantitative estimate of drug-likeness (QED) is 0.901. The number of nitrogens with one attached hydrogen (secondary N) is 1. The summed E-state index contributed by atoms with van der Waals surface area (Å²) in [4.78, 5) is 0. The highest BCUT2D eigenvalue weighted by Crippen LogP contribution is 2.15. The maximum atomic E-state index is 5.67. The minimum absolute atomic E-state index is 0.409. The largest absolute Gasteiger partial charge is 0.368 e. The molecule has 0 bridgehead atoms. The number of rotatable bonds is 4. The predicted octanol–water partition coefficient (Wildman–Crippen LogP) is 3.35. The van der Waals surface area contributed by atoms with Crippen LogP contribution in [0.25, 0.3) is 0 Å². The standard InChI is InChI=1S/C13H14ClN3/c1-10(11-5-3-2-4-6-11)9-15-13-8-7-12(14)16-17-13/h2-8,10H,9H2,1H3,(H,15,17)/t10-/m1/s1. The normalized spacial score (nSPS) is 12.1. The topological polar surface area (TPSA) is 37.8 Å². The summed E-state index contributed by atoms with van der Waals surface area (Å²) in [5.74, 6) is 1.17. The Balaban J connectivity index is 1.92. The molecule has 88 valence electrons. The van der Waals surface area contributed by atoms with Crippen LogP contribution in [0, 0.1) is 0 Å². The molecule has 0 saturated heterocycles. The fourth-order valence-electron chi connectivity index (χ4n) is 1.57. The van der Waals surface area contributed by atoms with Crippen molar-refractivity contribution >= 4 is 17.4 Å². The monoisotopic (exact) mass is 247 g/mol. The summed E-state index contributed by atoms with van der Waals surface area (Å²) in [6, 6.07) is 13.9. The Morgan fingerprint density at radius 2 is 1.88 bits per heavy atom. The minimum atomic E-state index is 0.409. The average molecular weight is 248 g/mol. The summed E-state index contributed by atoms with van der Waals surface area (Å²) < 4.78 is 0. The molecule has 17 heavy (non-hydrogen) atoms. The van der Waals surface area contributed by atoms with E-state index in [9.17, 15) is 0 Å². The second-order valence-electron chi connectivity index (χ2n) is 3.93. The third-order valence-corrected chi connectivity index (χ3v) is 2.79. The van der Waals surface area contributed by atoms with Crippen LogP contribution in [-0.2, 0) is 0 Å². The summed E-state index contributed by atoms with van der Waals surface area (Å²) in [5.41, 5.74) is 1.31. The molecule has 2 rings (SSSR count). The molecule has 2 aromatic rings. The SMILES string of the molecule is C[C@H](CNc1ccc(Cl)nn1)c1ccccc1. The molecule has 0 spiro atoms. The van der Waals surface area contributed by atoms with Crippen LogP contribution in [0.5, 0.6) is 0 Å². The van der Waals surface area contributed by atoms with E-state index in [1.54, 1.807) is 6.07 Å². The molecule has 1 atom stereocenters. The Hall–Kier alpha value is -1.61. The van der Waals surface area contributed by atoms with E-state index >= 15 is 0 Å². The molecule has 0 aliphatic rings. The van der Waals surface area contributed by atoms with Crippen molar-refractivity contribution in [2.75, 3.05) is 11.9 Å². The van der Waals surface area contributed by atoms with Gasteiger partial charge in [-0.05, 0) is 23.6 Å². The van der Waals surface area contributed by atoms with Gasteiger partial charge in [-0.1, -0.05) is 48.9 Å². The van der Waals surface area contributed by atoms with Crippen molar-refractivity contribution < 1.29 is 0 Å². The zero-order valence-corrected chi connectivity index (χ0v) is 10.4. The maximum absolute atomic E-state index is 5.67. The Morgan fingerprint density at radius 3 is 2.53 bits per heavy atom. The second-order valence-corrected chi connectivity index (χ2v) is 4.32. The Kier molecular flexibility index (Phi) is 3.94. The summed E-state index contributed by atoms with van der Waals surface area (Å²) >= 11 is 5.67. The van der Waals surface area contributed by atoms with Gasteiger partial charge in [-0.3, -0.25) is 0 Å². The van der Waals surface area contributed by atoms with E-state index in [4.69, 9.17) is 11.6 Å². The first-order valence-electron chi connectivity index (χ1n) is 5.54. The fourth-order valence-corrected chi connectivity index (χ4v) is 1.67. The molecule has 0 radical (unpaired) electrons. The lowest BCUT2D eigenvalue weighted by atomic mass is 10.0. The van der Waals surface area contributed by atoms with Crippen LogP contribution in [0.3, 0.4) is 0 Å². The highest BCUT2D eigenvalue weighted by Gasteiger charge is 2.04. The van der Waals surface area contributed by atoms with Crippen molar-refractivity contribution in [2.45, 2.75) is 12.8 Å². The van der Waals surface area contributed by atoms with E-state index in [1.807, 2.05) is 24.3 Å². The molecule has 0 fully saturated rings. The Bertz CT molecular complexity index is 456. The van der Waals surface area contributed by atoms with Gasteiger partial charge in [0, 0.05) is 6.54 Å². The molecule has 4 heteroatoms. The Morgan fingerprint density at radius 1 is 1.12 bits per heavy atom. The van der Waals surface area contributed by atoms with Crippen LogP contribution in [0.4, 0.5) is 5.82 Å². The molecule has 1 heterocycles. The van der Waals surface area contributed by atoms with E-state index in [0.717, 1.165) is 12.4 Å². The van der Waals surface area contributed by atoms with Crippen LogP contribution in [0.1, 0.15) is 18.4 Å². The molecular weight excluding hydrogens is 234 g/mol. The van der Waals surface area contributed by atoms with Crippen molar-refractivity contribution in [3.8, 4) is 0 Å². The molecular formula is C13H14ClN3. The van der Waals surface area contributed by atoms with E-state index in [1.165, 1.54) is 5.56 Å². The van der Waals surface area contributed by atoms with Gasteiger partial charge in [0.05, 0.1) is 0 Å². The second kappa shape index (κ2) is 5.64. The lowest BCUT2D eigenvalue weighted by Gasteiger charge is -2.12.